The Balaban J connectivity index is 1.66. The highest BCUT2D eigenvalue weighted by molar-refractivity contribution is 6.04. The lowest BCUT2D eigenvalue weighted by Gasteiger charge is -2.34. The molecular weight excluding hydrogens is 326 g/mol. The molecule has 1 amide bonds. The Hall–Kier alpha value is -2.60. The Bertz CT molecular complexity index is 736. The van der Waals surface area contributed by atoms with Crippen LogP contribution in [-0.4, -0.2) is 62.6 Å². The summed E-state index contributed by atoms with van der Waals surface area (Å²) in [5.74, 6) is 0.759. The molecule has 0 radical (unpaired) electrons. The summed E-state index contributed by atoms with van der Waals surface area (Å²) >= 11 is 0. The third kappa shape index (κ3) is 4.32. The van der Waals surface area contributed by atoms with Crippen LogP contribution in [0.5, 0.6) is 0 Å². The first-order chi connectivity index (χ1) is 12.6. The van der Waals surface area contributed by atoms with Crippen LogP contribution in [0.3, 0.4) is 0 Å². The van der Waals surface area contributed by atoms with Gasteiger partial charge in [-0.3, -0.25) is 4.79 Å². The molecule has 1 saturated heterocycles. The van der Waals surface area contributed by atoms with Gasteiger partial charge in [-0.1, -0.05) is 6.92 Å². The summed E-state index contributed by atoms with van der Waals surface area (Å²) in [6, 6.07) is 11.4. The standard InChI is InChI=1S/C20H27N5O/c1-4-24-11-13-25(14-12-24)19-15-16(9-10-21-19)20(26)22-17-5-7-18(8-6-17)23(2)3/h5-10,15H,4,11-14H2,1-3H3,(H,22,26). The number of piperazine rings is 1. The predicted octanol–water partition coefficient (Wildman–Crippen LogP) is 2.54. The number of hydrogen-bond acceptors (Lipinski definition) is 5. The minimum atomic E-state index is -0.113. The summed E-state index contributed by atoms with van der Waals surface area (Å²) in [6.07, 6.45) is 1.71. The van der Waals surface area contributed by atoms with Gasteiger partial charge >= 0.3 is 0 Å². The third-order valence-electron chi connectivity index (χ3n) is 4.79. The van der Waals surface area contributed by atoms with Crippen molar-refractivity contribution < 1.29 is 4.79 Å². The first kappa shape index (κ1) is 18.2. The van der Waals surface area contributed by atoms with Crippen LogP contribution in [0, 0.1) is 0 Å². The van der Waals surface area contributed by atoms with Crippen molar-refractivity contribution in [2.24, 2.45) is 0 Å². The van der Waals surface area contributed by atoms with Crippen LogP contribution in [-0.2, 0) is 0 Å². The zero-order valence-electron chi connectivity index (χ0n) is 15.8. The van der Waals surface area contributed by atoms with E-state index in [-0.39, 0.29) is 5.91 Å². The molecule has 3 rings (SSSR count). The summed E-state index contributed by atoms with van der Waals surface area (Å²) in [5, 5.41) is 2.96. The molecule has 6 nitrogen and oxygen atoms in total. The van der Waals surface area contributed by atoms with Crippen LogP contribution in [0.15, 0.2) is 42.6 Å². The number of benzene rings is 1. The van der Waals surface area contributed by atoms with Gasteiger partial charge in [-0.15, -0.1) is 0 Å². The highest BCUT2D eigenvalue weighted by Crippen LogP contribution is 2.18. The van der Waals surface area contributed by atoms with Crippen LogP contribution in [0.1, 0.15) is 17.3 Å². The predicted molar refractivity (Wildman–Crippen MR) is 107 cm³/mol. The monoisotopic (exact) mass is 353 g/mol. The van der Waals surface area contributed by atoms with Gasteiger partial charge in [0.1, 0.15) is 5.82 Å². The lowest BCUT2D eigenvalue weighted by Crippen LogP contribution is -2.46. The van der Waals surface area contributed by atoms with E-state index < -0.39 is 0 Å². The number of aromatic nitrogens is 1. The first-order valence-electron chi connectivity index (χ1n) is 9.09. The Kier molecular flexibility index (Phi) is 5.73. The number of likely N-dealkylation sites (N-methyl/N-ethyl adjacent to an activating group) is 1. The number of nitrogens with zero attached hydrogens (tertiary/aromatic N) is 4. The fourth-order valence-corrected chi connectivity index (χ4v) is 3.07. The van der Waals surface area contributed by atoms with Crippen molar-refractivity contribution in [2.75, 3.05) is 61.9 Å². The molecule has 1 aromatic heterocycles. The molecule has 1 fully saturated rings. The fraction of sp³-hybridized carbons (Fsp3) is 0.400. The molecule has 1 aromatic carbocycles. The molecule has 6 heteroatoms. The van der Waals surface area contributed by atoms with E-state index in [1.807, 2.05) is 49.3 Å². The van der Waals surface area contributed by atoms with Crippen LogP contribution in [0.4, 0.5) is 17.2 Å². The summed E-state index contributed by atoms with van der Waals surface area (Å²) in [7, 11) is 3.98. The molecule has 0 spiro atoms. The second-order valence-corrected chi connectivity index (χ2v) is 6.72. The lowest BCUT2D eigenvalue weighted by molar-refractivity contribution is 0.102. The molecule has 138 valence electrons. The maximum absolute atomic E-state index is 12.6. The van der Waals surface area contributed by atoms with Crippen LogP contribution >= 0.6 is 0 Å². The number of nitrogens with one attached hydrogen (secondary N) is 1. The molecule has 26 heavy (non-hydrogen) atoms. The van der Waals surface area contributed by atoms with Crippen molar-refractivity contribution in [1.82, 2.24) is 9.88 Å². The normalized spacial score (nSPS) is 15.0. The minimum absolute atomic E-state index is 0.113. The Labute approximate surface area is 155 Å². The topological polar surface area (TPSA) is 51.7 Å². The second kappa shape index (κ2) is 8.19. The molecule has 1 aliphatic heterocycles. The third-order valence-corrected chi connectivity index (χ3v) is 4.79. The zero-order chi connectivity index (χ0) is 18.5. The fourth-order valence-electron chi connectivity index (χ4n) is 3.07. The lowest BCUT2D eigenvalue weighted by atomic mass is 10.2. The Morgan fingerprint density at radius 1 is 1.12 bits per heavy atom. The molecular formula is C20H27N5O. The molecule has 0 aliphatic carbocycles. The van der Waals surface area contributed by atoms with E-state index in [1.54, 1.807) is 12.3 Å². The van der Waals surface area contributed by atoms with Gasteiger partial charge in [0.15, 0.2) is 0 Å². The van der Waals surface area contributed by atoms with Crippen LogP contribution in [0.2, 0.25) is 0 Å². The number of pyridine rings is 1. The van der Waals surface area contributed by atoms with Gasteiger partial charge in [0, 0.05) is 63.4 Å². The molecule has 1 aliphatic rings. The molecule has 1 N–H and O–H groups in total. The van der Waals surface area contributed by atoms with Crippen LogP contribution in [0.25, 0.3) is 0 Å². The molecule has 2 heterocycles. The number of anilines is 3. The molecule has 0 atom stereocenters. The second-order valence-electron chi connectivity index (χ2n) is 6.72. The van der Waals surface area contributed by atoms with E-state index in [2.05, 4.69) is 27.0 Å². The van der Waals surface area contributed by atoms with Crippen molar-refractivity contribution in [3.05, 3.63) is 48.2 Å². The zero-order valence-corrected chi connectivity index (χ0v) is 15.8. The molecule has 0 bridgehead atoms. The van der Waals surface area contributed by atoms with Gasteiger partial charge in [0.2, 0.25) is 0 Å². The highest BCUT2D eigenvalue weighted by atomic mass is 16.1. The van der Waals surface area contributed by atoms with E-state index in [9.17, 15) is 4.79 Å². The number of carbonyl (C=O) groups is 1. The first-order valence-corrected chi connectivity index (χ1v) is 9.09. The molecule has 0 unspecified atom stereocenters. The van der Waals surface area contributed by atoms with Gasteiger partial charge in [0.25, 0.3) is 5.91 Å². The van der Waals surface area contributed by atoms with Crippen molar-refractivity contribution in [3.63, 3.8) is 0 Å². The summed E-state index contributed by atoms with van der Waals surface area (Å²) in [6.45, 7) is 7.22. The van der Waals surface area contributed by atoms with Gasteiger partial charge in [0.05, 0.1) is 0 Å². The summed E-state index contributed by atoms with van der Waals surface area (Å²) in [5.41, 5.74) is 2.51. The van der Waals surface area contributed by atoms with Crippen molar-refractivity contribution >= 4 is 23.1 Å². The van der Waals surface area contributed by atoms with E-state index in [1.165, 1.54) is 0 Å². The Morgan fingerprint density at radius 3 is 2.42 bits per heavy atom. The average Bonchev–Trinajstić information content (AvgIpc) is 2.68. The molecule has 2 aromatic rings. The van der Waals surface area contributed by atoms with E-state index in [4.69, 9.17) is 0 Å². The van der Waals surface area contributed by atoms with Gasteiger partial charge < -0.3 is 20.0 Å². The van der Waals surface area contributed by atoms with Gasteiger partial charge in [-0.2, -0.15) is 0 Å². The number of hydrogen-bond donors (Lipinski definition) is 1. The average molecular weight is 353 g/mol. The minimum Gasteiger partial charge on any atom is -0.378 e. The maximum atomic E-state index is 12.6. The largest absolute Gasteiger partial charge is 0.378 e. The van der Waals surface area contributed by atoms with Crippen LogP contribution < -0.4 is 15.1 Å². The van der Waals surface area contributed by atoms with Crippen molar-refractivity contribution in [1.29, 1.82) is 0 Å². The molecule has 0 saturated carbocycles. The van der Waals surface area contributed by atoms with Crippen molar-refractivity contribution in [3.8, 4) is 0 Å². The number of rotatable bonds is 5. The Morgan fingerprint density at radius 2 is 1.81 bits per heavy atom. The van der Waals surface area contributed by atoms with Crippen molar-refractivity contribution in [2.45, 2.75) is 6.92 Å². The van der Waals surface area contributed by atoms with E-state index >= 15 is 0 Å². The number of amides is 1. The van der Waals surface area contributed by atoms with Gasteiger partial charge in [-0.05, 0) is 42.9 Å². The smallest absolute Gasteiger partial charge is 0.255 e. The van der Waals surface area contributed by atoms with E-state index in [0.29, 0.717) is 5.56 Å². The SMILES string of the molecule is CCN1CCN(c2cc(C(=O)Nc3ccc(N(C)C)cc3)ccn2)CC1. The number of carbonyl (C=O) groups excluding carboxylic acids is 1. The summed E-state index contributed by atoms with van der Waals surface area (Å²) < 4.78 is 0. The summed E-state index contributed by atoms with van der Waals surface area (Å²) in [4.78, 5) is 23.7. The quantitative estimate of drug-likeness (QED) is 0.895. The van der Waals surface area contributed by atoms with Gasteiger partial charge in [-0.25, -0.2) is 4.98 Å². The van der Waals surface area contributed by atoms with E-state index in [0.717, 1.165) is 49.9 Å². The highest BCUT2D eigenvalue weighted by Gasteiger charge is 2.18. The maximum Gasteiger partial charge on any atom is 0.255 e.